The molecule has 0 aliphatic heterocycles. The summed E-state index contributed by atoms with van der Waals surface area (Å²) in [5, 5.41) is 3.79. The van der Waals surface area contributed by atoms with Gasteiger partial charge in [0.05, 0.1) is 0 Å². The molecule has 0 amide bonds. The minimum absolute atomic E-state index is 0.594. The molecule has 1 aromatic carbocycles. The Labute approximate surface area is 125 Å². The molecule has 1 N–H and O–H groups in total. The van der Waals surface area contributed by atoms with Crippen LogP contribution in [-0.2, 0) is 6.42 Å². The fourth-order valence-corrected chi connectivity index (χ4v) is 4.34. The Morgan fingerprint density at radius 1 is 1.11 bits per heavy atom. The number of benzene rings is 1. The first-order valence-electron chi connectivity index (χ1n) is 7.85. The molecule has 1 fully saturated rings. The van der Waals surface area contributed by atoms with Crippen LogP contribution in [0.5, 0.6) is 0 Å². The maximum Gasteiger partial charge on any atom is 0.0326 e. The average molecular weight is 322 g/mol. The van der Waals surface area contributed by atoms with Gasteiger partial charge in [-0.25, -0.2) is 0 Å². The van der Waals surface area contributed by atoms with E-state index in [-0.39, 0.29) is 0 Å². The van der Waals surface area contributed by atoms with E-state index in [1.54, 1.807) is 0 Å². The lowest BCUT2D eigenvalue weighted by Crippen LogP contribution is -2.23. The molecule has 0 bridgehead atoms. The Balaban J connectivity index is 1.51. The predicted octanol–water partition coefficient (Wildman–Crippen LogP) is 5.00. The molecule has 3 rings (SSSR count). The highest BCUT2D eigenvalue weighted by atomic mass is 79.9. The number of hydrogen-bond acceptors (Lipinski definition) is 1. The van der Waals surface area contributed by atoms with Crippen LogP contribution in [-0.4, -0.2) is 6.54 Å². The van der Waals surface area contributed by atoms with Gasteiger partial charge < -0.3 is 5.32 Å². The van der Waals surface area contributed by atoms with Crippen molar-refractivity contribution in [3.8, 4) is 0 Å². The van der Waals surface area contributed by atoms with Gasteiger partial charge >= 0.3 is 0 Å². The zero-order chi connectivity index (χ0) is 13.1. The van der Waals surface area contributed by atoms with E-state index in [4.69, 9.17) is 0 Å². The van der Waals surface area contributed by atoms with Crippen LogP contribution >= 0.6 is 15.9 Å². The van der Waals surface area contributed by atoms with Crippen molar-refractivity contribution in [3.63, 3.8) is 0 Å². The molecule has 0 aromatic heterocycles. The third kappa shape index (κ3) is 3.22. The summed E-state index contributed by atoms with van der Waals surface area (Å²) in [6, 6.07) is 7.23. The number of fused-ring (bicyclic) bond motifs is 1. The van der Waals surface area contributed by atoms with Gasteiger partial charge in [-0.05, 0) is 48.9 Å². The van der Waals surface area contributed by atoms with Crippen LogP contribution in [0.3, 0.4) is 0 Å². The summed E-state index contributed by atoms with van der Waals surface area (Å²) < 4.78 is 1.29. The molecule has 1 saturated carbocycles. The van der Waals surface area contributed by atoms with Gasteiger partial charge in [-0.2, -0.15) is 0 Å². The first kappa shape index (κ1) is 13.6. The Kier molecular flexibility index (Phi) is 4.60. The molecule has 0 spiro atoms. The second-order valence-corrected chi connectivity index (χ2v) is 7.00. The molecule has 0 saturated heterocycles. The molecule has 0 radical (unpaired) electrons. The molecular formula is C17H24BrN. The fraction of sp³-hybridized carbons (Fsp3) is 0.647. The Bertz CT molecular complexity index is 423. The number of halogens is 1. The summed E-state index contributed by atoms with van der Waals surface area (Å²) in [6.45, 7) is 1.20. The molecule has 19 heavy (non-hydrogen) atoms. The van der Waals surface area contributed by atoms with E-state index in [2.05, 4.69) is 39.4 Å². The quantitative estimate of drug-likeness (QED) is 0.823. The molecule has 1 unspecified atom stereocenters. The SMILES string of the molecule is Brc1cccc2c1CCC2NCCC1CCCCC1. The van der Waals surface area contributed by atoms with Crippen molar-refractivity contribution in [2.75, 3.05) is 6.54 Å². The Morgan fingerprint density at radius 2 is 1.95 bits per heavy atom. The van der Waals surface area contributed by atoms with E-state index in [0.717, 1.165) is 5.92 Å². The summed E-state index contributed by atoms with van der Waals surface area (Å²) in [7, 11) is 0. The lowest BCUT2D eigenvalue weighted by molar-refractivity contribution is 0.327. The first-order valence-corrected chi connectivity index (χ1v) is 8.64. The maximum atomic E-state index is 3.79. The minimum atomic E-state index is 0.594. The molecule has 1 aromatic rings. The number of nitrogens with one attached hydrogen (secondary N) is 1. The molecule has 2 heteroatoms. The number of rotatable bonds is 4. The van der Waals surface area contributed by atoms with E-state index in [9.17, 15) is 0 Å². The second kappa shape index (κ2) is 6.41. The van der Waals surface area contributed by atoms with Gasteiger partial charge in [0.1, 0.15) is 0 Å². The van der Waals surface area contributed by atoms with Gasteiger partial charge in [0.15, 0.2) is 0 Å². The topological polar surface area (TPSA) is 12.0 Å². The molecule has 2 aliphatic carbocycles. The number of hydrogen-bond donors (Lipinski definition) is 1. The largest absolute Gasteiger partial charge is 0.310 e. The van der Waals surface area contributed by atoms with Crippen molar-refractivity contribution < 1.29 is 0 Å². The third-order valence-corrected chi connectivity index (χ3v) is 5.62. The average Bonchev–Trinajstić information content (AvgIpc) is 2.85. The van der Waals surface area contributed by atoms with E-state index in [0.29, 0.717) is 6.04 Å². The van der Waals surface area contributed by atoms with Crippen molar-refractivity contribution >= 4 is 15.9 Å². The standard InChI is InChI=1S/C17H24BrN/c18-16-8-4-7-15-14(16)9-10-17(15)19-12-11-13-5-2-1-3-6-13/h4,7-8,13,17,19H,1-3,5-6,9-12H2. The van der Waals surface area contributed by atoms with Crippen molar-refractivity contribution in [1.82, 2.24) is 5.32 Å². The van der Waals surface area contributed by atoms with Crippen molar-refractivity contribution in [1.29, 1.82) is 0 Å². The zero-order valence-corrected chi connectivity index (χ0v) is 13.2. The van der Waals surface area contributed by atoms with E-state index < -0.39 is 0 Å². The third-order valence-electron chi connectivity index (χ3n) is 4.88. The van der Waals surface area contributed by atoms with Gasteiger partial charge in [0.25, 0.3) is 0 Å². The maximum absolute atomic E-state index is 3.79. The van der Waals surface area contributed by atoms with Crippen molar-refractivity contribution in [2.45, 2.75) is 57.4 Å². The van der Waals surface area contributed by atoms with Crippen LogP contribution in [0.2, 0.25) is 0 Å². The molecule has 1 nitrogen and oxygen atoms in total. The summed E-state index contributed by atoms with van der Waals surface area (Å²) in [6.07, 6.45) is 11.2. The van der Waals surface area contributed by atoms with Gasteiger partial charge in [-0.3, -0.25) is 0 Å². The zero-order valence-electron chi connectivity index (χ0n) is 11.6. The van der Waals surface area contributed by atoms with Crippen LogP contribution < -0.4 is 5.32 Å². The highest BCUT2D eigenvalue weighted by Crippen LogP contribution is 2.35. The Hall–Kier alpha value is -0.340. The monoisotopic (exact) mass is 321 g/mol. The summed E-state index contributed by atoms with van der Waals surface area (Å²) >= 11 is 3.68. The highest BCUT2D eigenvalue weighted by molar-refractivity contribution is 9.10. The van der Waals surface area contributed by atoms with Crippen LogP contribution in [0.15, 0.2) is 22.7 Å². The summed E-state index contributed by atoms with van der Waals surface area (Å²) in [5.41, 5.74) is 3.05. The van der Waals surface area contributed by atoms with Crippen LogP contribution in [0.1, 0.15) is 62.1 Å². The smallest absolute Gasteiger partial charge is 0.0326 e. The lowest BCUT2D eigenvalue weighted by atomic mass is 9.87. The summed E-state index contributed by atoms with van der Waals surface area (Å²) in [5.74, 6) is 0.990. The van der Waals surface area contributed by atoms with Crippen molar-refractivity contribution in [2.24, 2.45) is 5.92 Å². The Morgan fingerprint density at radius 3 is 2.79 bits per heavy atom. The molecule has 2 aliphatic rings. The first-order chi connectivity index (χ1) is 9.34. The van der Waals surface area contributed by atoms with Gasteiger partial charge in [0, 0.05) is 10.5 Å². The van der Waals surface area contributed by atoms with E-state index >= 15 is 0 Å². The van der Waals surface area contributed by atoms with Crippen LogP contribution in [0.25, 0.3) is 0 Å². The fourth-order valence-electron chi connectivity index (χ4n) is 3.76. The molecule has 0 heterocycles. The van der Waals surface area contributed by atoms with Gasteiger partial charge in [-0.1, -0.05) is 60.2 Å². The normalized spacial score (nSPS) is 23.5. The molecular weight excluding hydrogens is 298 g/mol. The summed E-state index contributed by atoms with van der Waals surface area (Å²) in [4.78, 5) is 0. The lowest BCUT2D eigenvalue weighted by Gasteiger charge is -2.22. The minimum Gasteiger partial charge on any atom is -0.310 e. The predicted molar refractivity (Wildman–Crippen MR) is 84.4 cm³/mol. The highest BCUT2D eigenvalue weighted by Gasteiger charge is 2.23. The van der Waals surface area contributed by atoms with Gasteiger partial charge in [-0.15, -0.1) is 0 Å². The second-order valence-electron chi connectivity index (χ2n) is 6.15. The molecule has 1 atom stereocenters. The van der Waals surface area contributed by atoms with E-state index in [1.165, 1.54) is 73.5 Å². The van der Waals surface area contributed by atoms with Crippen LogP contribution in [0, 0.1) is 5.92 Å². The van der Waals surface area contributed by atoms with Crippen LogP contribution in [0.4, 0.5) is 0 Å². The molecule has 104 valence electrons. The van der Waals surface area contributed by atoms with E-state index in [1.807, 2.05) is 0 Å². The van der Waals surface area contributed by atoms with Crippen molar-refractivity contribution in [3.05, 3.63) is 33.8 Å². The van der Waals surface area contributed by atoms with Gasteiger partial charge in [0.2, 0.25) is 0 Å².